The molecule has 0 aliphatic rings. The number of carbonyl (C=O) groups is 1. The number of halogens is 3. The molecule has 1 heterocycles. The Morgan fingerprint density at radius 1 is 1.18 bits per heavy atom. The van der Waals surface area contributed by atoms with Crippen LogP contribution in [0.25, 0.3) is 5.69 Å². The number of nitrogens with one attached hydrogen (secondary N) is 2. The summed E-state index contributed by atoms with van der Waals surface area (Å²) in [4.78, 5) is 22.5. The third-order valence-electron chi connectivity index (χ3n) is 4.50. The van der Waals surface area contributed by atoms with Crippen molar-refractivity contribution < 1.29 is 31.3 Å². The van der Waals surface area contributed by atoms with Crippen LogP contribution in [0.2, 0.25) is 0 Å². The van der Waals surface area contributed by atoms with Crippen molar-refractivity contribution in [1.29, 1.82) is 0 Å². The lowest BCUT2D eigenvalue weighted by Crippen LogP contribution is -2.29. The molecule has 0 aliphatic heterocycles. The number of anilines is 1. The highest BCUT2D eigenvalue weighted by Crippen LogP contribution is 2.33. The maximum atomic E-state index is 13.2. The van der Waals surface area contributed by atoms with E-state index in [1.807, 2.05) is 0 Å². The van der Waals surface area contributed by atoms with Gasteiger partial charge in [0, 0.05) is 25.4 Å². The maximum absolute atomic E-state index is 13.2. The van der Waals surface area contributed by atoms with Gasteiger partial charge in [0.05, 0.1) is 27.3 Å². The zero-order chi connectivity index (χ0) is 25.1. The first-order valence-corrected chi connectivity index (χ1v) is 11.4. The van der Waals surface area contributed by atoms with Crippen molar-refractivity contribution in [3.05, 3.63) is 70.0 Å². The van der Waals surface area contributed by atoms with E-state index in [0.29, 0.717) is 0 Å². The normalized spacial score (nSPS) is 11.8. The molecule has 0 aliphatic carbocycles. The number of nitro benzene ring substituents is 1. The third-order valence-corrected chi connectivity index (χ3v) is 5.61. The second-order valence-corrected chi connectivity index (χ2v) is 8.97. The van der Waals surface area contributed by atoms with Crippen LogP contribution in [-0.4, -0.2) is 53.6 Å². The summed E-state index contributed by atoms with van der Waals surface area (Å²) in [5.74, 6) is -0.723. The van der Waals surface area contributed by atoms with Crippen molar-refractivity contribution in [3.63, 3.8) is 0 Å². The Kier molecular flexibility index (Phi) is 6.85. The van der Waals surface area contributed by atoms with E-state index in [2.05, 4.69) is 20.9 Å². The van der Waals surface area contributed by atoms with Crippen LogP contribution in [0.15, 0.2) is 53.6 Å². The monoisotopic (exact) mass is 498 g/mol. The number of benzene rings is 2. The van der Waals surface area contributed by atoms with Crippen LogP contribution in [0.4, 0.5) is 24.5 Å². The van der Waals surface area contributed by atoms with Crippen LogP contribution < -0.4 is 10.6 Å². The van der Waals surface area contributed by atoms with Gasteiger partial charge in [-0.1, -0.05) is 17.3 Å². The number of hydrogen-bond donors (Lipinski definition) is 2. The average molecular weight is 498 g/mol. The highest BCUT2D eigenvalue weighted by molar-refractivity contribution is 7.90. The van der Waals surface area contributed by atoms with Crippen LogP contribution in [-0.2, 0) is 16.0 Å². The SMILES string of the molecule is CS(=O)(=O)c1ccc(NCCNC(=O)c2cn(-c3ccccc3C(F)(F)F)nn2)c([N+](=O)[O-])c1. The van der Waals surface area contributed by atoms with Gasteiger partial charge in [0.2, 0.25) is 0 Å². The molecule has 0 saturated carbocycles. The first kappa shape index (κ1) is 24.6. The van der Waals surface area contributed by atoms with Gasteiger partial charge in [0.25, 0.3) is 11.6 Å². The molecule has 0 spiro atoms. The molecule has 1 amide bonds. The Balaban J connectivity index is 1.64. The summed E-state index contributed by atoms with van der Waals surface area (Å²) in [5, 5.41) is 23.6. The Morgan fingerprint density at radius 3 is 2.53 bits per heavy atom. The Morgan fingerprint density at radius 2 is 1.88 bits per heavy atom. The van der Waals surface area contributed by atoms with Crippen molar-refractivity contribution in [3.8, 4) is 5.69 Å². The van der Waals surface area contributed by atoms with E-state index in [-0.39, 0.29) is 35.1 Å². The molecule has 15 heteroatoms. The molecule has 0 unspecified atom stereocenters. The summed E-state index contributed by atoms with van der Waals surface area (Å²) in [6.07, 6.45) is -2.66. The second-order valence-electron chi connectivity index (χ2n) is 6.95. The number of hydrogen-bond acceptors (Lipinski definition) is 8. The molecule has 180 valence electrons. The quantitative estimate of drug-likeness (QED) is 0.273. The fraction of sp³-hybridized carbons (Fsp3) is 0.211. The van der Waals surface area contributed by atoms with Crippen LogP contribution in [0.3, 0.4) is 0 Å². The molecule has 11 nitrogen and oxygen atoms in total. The van der Waals surface area contributed by atoms with Crippen molar-refractivity contribution in [2.45, 2.75) is 11.1 Å². The second kappa shape index (κ2) is 9.46. The number of rotatable bonds is 8. The summed E-state index contributed by atoms with van der Waals surface area (Å²) in [6, 6.07) is 8.05. The van der Waals surface area contributed by atoms with Gasteiger partial charge >= 0.3 is 6.18 Å². The Bertz CT molecular complexity index is 1340. The van der Waals surface area contributed by atoms with Crippen LogP contribution >= 0.6 is 0 Å². The number of alkyl halides is 3. The van der Waals surface area contributed by atoms with Crippen LogP contribution in [0, 0.1) is 10.1 Å². The van der Waals surface area contributed by atoms with E-state index >= 15 is 0 Å². The van der Waals surface area contributed by atoms with Crippen molar-refractivity contribution in [2.75, 3.05) is 24.7 Å². The number of para-hydroxylation sites is 1. The van der Waals surface area contributed by atoms with E-state index < -0.39 is 38.1 Å². The Hall–Kier alpha value is -4.01. The first-order valence-electron chi connectivity index (χ1n) is 9.47. The Labute approximate surface area is 190 Å². The molecule has 2 N–H and O–H groups in total. The number of nitrogens with zero attached hydrogens (tertiary/aromatic N) is 4. The molecule has 0 fully saturated rings. The largest absolute Gasteiger partial charge is 0.418 e. The number of aromatic nitrogens is 3. The molecule has 34 heavy (non-hydrogen) atoms. The zero-order valence-electron chi connectivity index (χ0n) is 17.4. The standard InChI is InChI=1S/C19H17F3N6O5S/c1-34(32,33)12-6-7-14(17(10-12)28(30)31)23-8-9-24-18(29)15-11-27(26-25-15)16-5-3-2-4-13(16)19(20,21)22/h2-7,10-11,23H,8-9H2,1H3,(H,24,29). The van der Waals surface area contributed by atoms with E-state index in [1.165, 1.54) is 30.3 Å². The number of nitro groups is 1. The highest BCUT2D eigenvalue weighted by atomic mass is 32.2. The van der Waals surface area contributed by atoms with Crippen LogP contribution in [0.5, 0.6) is 0 Å². The summed E-state index contributed by atoms with van der Waals surface area (Å²) in [7, 11) is -3.64. The zero-order valence-corrected chi connectivity index (χ0v) is 18.2. The lowest BCUT2D eigenvalue weighted by atomic mass is 10.1. The number of sulfone groups is 1. The van der Waals surface area contributed by atoms with Gasteiger partial charge < -0.3 is 10.6 Å². The molecule has 0 radical (unpaired) electrons. The van der Waals surface area contributed by atoms with Gasteiger partial charge in [-0.15, -0.1) is 5.10 Å². The number of carbonyl (C=O) groups excluding carboxylic acids is 1. The topological polar surface area (TPSA) is 149 Å². The smallest absolute Gasteiger partial charge is 0.378 e. The predicted octanol–water partition coefficient (Wildman–Crippen LogP) is 2.44. The fourth-order valence-corrected chi connectivity index (χ4v) is 3.55. The molecule has 1 aromatic heterocycles. The predicted molar refractivity (Wildman–Crippen MR) is 113 cm³/mol. The molecule has 0 atom stereocenters. The summed E-state index contributed by atoms with van der Waals surface area (Å²) >= 11 is 0. The fourth-order valence-electron chi connectivity index (χ4n) is 2.91. The van der Waals surface area contributed by atoms with Gasteiger partial charge in [-0.05, 0) is 24.3 Å². The molecule has 0 saturated heterocycles. The van der Waals surface area contributed by atoms with Gasteiger partial charge in [0.1, 0.15) is 5.69 Å². The highest BCUT2D eigenvalue weighted by Gasteiger charge is 2.34. The summed E-state index contributed by atoms with van der Waals surface area (Å²) in [6.45, 7) is -0.00827. The van der Waals surface area contributed by atoms with E-state index in [0.717, 1.165) is 29.3 Å². The van der Waals surface area contributed by atoms with Gasteiger partial charge in [-0.3, -0.25) is 14.9 Å². The van der Waals surface area contributed by atoms with Gasteiger partial charge in [-0.25, -0.2) is 13.1 Å². The molecule has 3 rings (SSSR count). The summed E-state index contributed by atoms with van der Waals surface area (Å²) < 4.78 is 63.6. The van der Waals surface area contributed by atoms with Gasteiger partial charge in [-0.2, -0.15) is 13.2 Å². The van der Waals surface area contributed by atoms with Gasteiger partial charge in [0.15, 0.2) is 15.5 Å². The minimum absolute atomic E-state index is 0.0237. The maximum Gasteiger partial charge on any atom is 0.418 e. The minimum atomic E-state index is -4.63. The number of amides is 1. The van der Waals surface area contributed by atoms with Crippen molar-refractivity contribution in [1.82, 2.24) is 20.3 Å². The average Bonchev–Trinajstić information content (AvgIpc) is 3.25. The molecule has 3 aromatic rings. The minimum Gasteiger partial charge on any atom is -0.378 e. The molecule has 2 aromatic carbocycles. The van der Waals surface area contributed by atoms with Crippen molar-refractivity contribution in [2.24, 2.45) is 0 Å². The van der Waals surface area contributed by atoms with E-state index in [9.17, 15) is 36.5 Å². The first-order chi connectivity index (χ1) is 15.9. The van der Waals surface area contributed by atoms with Crippen molar-refractivity contribution >= 4 is 27.1 Å². The molecule has 0 bridgehead atoms. The van der Waals surface area contributed by atoms with E-state index in [4.69, 9.17) is 0 Å². The molecular formula is C19H17F3N6O5S. The molecular weight excluding hydrogens is 481 g/mol. The summed E-state index contributed by atoms with van der Waals surface area (Å²) in [5.41, 5.74) is -1.89. The van der Waals surface area contributed by atoms with Crippen LogP contribution in [0.1, 0.15) is 16.1 Å². The lowest BCUT2D eigenvalue weighted by molar-refractivity contribution is -0.384. The lowest BCUT2D eigenvalue weighted by Gasteiger charge is -2.11. The van der Waals surface area contributed by atoms with E-state index in [1.54, 1.807) is 0 Å². The third kappa shape index (κ3) is 5.67.